The summed E-state index contributed by atoms with van der Waals surface area (Å²) in [6.07, 6.45) is 2.08. The molecular weight excluding hydrogens is 166 g/mol. The largest absolute Gasteiger partial charge is 0.300 e. The van der Waals surface area contributed by atoms with E-state index in [0.717, 1.165) is 12.8 Å². The molecule has 0 rings (SSSR count). The minimum Gasteiger partial charge on any atom is -0.300 e. The number of azide groups is 1. The standard InChI is InChI=1S/C6H10ClN3O/c7-4-2-1-3-6(11)5-9-10-8/h1-5H2. The van der Waals surface area contributed by atoms with Crippen LogP contribution in [0.3, 0.4) is 0 Å². The molecular formula is C6H10ClN3O. The molecule has 0 bridgehead atoms. The SMILES string of the molecule is [N-]=[N+]=NCC(=O)CCCCCl. The predicted molar refractivity (Wildman–Crippen MR) is 43.6 cm³/mol. The van der Waals surface area contributed by atoms with E-state index in [-0.39, 0.29) is 12.3 Å². The zero-order valence-corrected chi connectivity index (χ0v) is 6.92. The Hall–Kier alpha value is -0.730. The highest BCUT2D eigenvalue weighted by Crippen LogP contribution is 1.98. The summed E-state index contributed by atoms with van der Waals surface area (Å²) in [6, 6.07) is 0. The quantitative estimate of drug-likeness (QED) is 0.201. The maximum absolute atomic E-state index is 10.8. The van der Waals surface area contributed by atoms with Gasteiger partial charge in [-0.3, -0.25) is 4.79 Å². The monoisotopic (exact) mass is 175 g/mol. The molecule has 62 valence electrons. The number of carbonyl (C=O) groups is 1. The van der Waals surface area contributed by atoms with Crippen LogP contribution in [0.2, 0.25) is 0 Å². The lowest BCUT2D eigenvalue weighted by Gasteiger charge is -1.93. The number of rotatable bonds is 6. The number of hydrogen-bond acceptors (Lipinski definition) is 2. The first-order valence-corrected chi connectivity index (χ1v) is 3.93. The Morgan fingerprint density at radius 2 is 2.27 bits per heavy atom. The molecule has 0 radical (unpaired) electrons. The molecule has 0 spiro atoms. The third-order valence-electron chi connectivity index (χ3n) is 1.15. The number of ketones is 1. The number of hydrogen-bond donors (Lipinski definition) is 0. The molecule has 11 heavy (non-hydrogen) atoms. The summed E-state index contributed by atoms with van der Waals surface area (Å²) in [5, 5.41) is 3.15. The van der Waals surface area contributed by atoms with Gasteiger partial charge in [0.1, 0.15) is 5.78 Å². The van der Waals surface area contributed by atoms with Crippen LogP contribution in [0.25, 0.3) is 10.4 Å². The van der Waals surface area contributed by atoms with Gasteiger partial charge in [0.15, 0.2) is 0 Å². The van der Waals surface area contributed by atoms with Gasteiger partial charge in [-0.2, -0.15) is 0 Å². The van der Waals surface area contributed by atoms with Crippen LogP contribution in [0.4, 0.5) is 0 Å². The molecule has 0 saturated carbocycles. The first kappa shape index (κ1) is 10.3. The van der Waals surface area contributed by atoms with Crippen molar-refractivity contribution in [2.75, 3.05) is 12.4 Å². The van der Waals surface area contributed by atoms with Gasteiger partial charge in [-0.25, -0.2) is 0 Å². The number of halogens is 1. The first-order valence-electron chi connectivity index (χ1n) is 3.39. The smallest absolute Gasteiger partial charge is 0.138 e. The third kappa shape index (κ3) is 7.16. The van der Waals surface area contributed by atoms with Crippen molar-refractivity contribution in [2.45, 2.75) is 19.3 Å². The van der Waals surface area contributed by atoms with Crippen molar-refractivity contribution in [3.8, 4) is 0 Å². The Morgan fingerprint density at radius 1 is 1.55 bits per heavy atom. The normalized spacial score (nSPS) is 8.82. The van der Waals surface area contributed by atoms with Crippen LogP contribution in [-0.4, -0.2) is 18.2 Å². The van der Waals surface area contributed by atoms with E-state index in [2.05, 4.69) is 10.0 Å². The van der Waals surface area contributed by atoms with Crippen molar-refractivity contribution in [1.29, 1.82) is 0 Å². The van der Waals surface area contributed by atoms with Gasteiger partial charge in [-0.1, -0.05) is 5.11 Å². The van der Waals surface area contributed by atoms with Gasteiger partial charge in [-0.15, -0.1) is 11.6 Å². The van der Waals surface area contributed by atoms with Crippen LogP contribution in [0.15, 0.2) is 5.11 Å². The third-order valence-corrected chi connectivity index (χ3v) is 1.42. The van der Waals surface area contributed by atoms with E-state index in [9.17, 15) is 4.79 Å². The highest BCUT2D eigenvalue weighted by atomic mass is 35.5. The summed E-state index contributed by atoms with van der Waals surface area (Å²) in [7, 11) is 0. The van der Waals surface area contributed by atoms with Crippen LogP contribution in [-0.2, 0) is 4.79 Å². The molecule has 0 atom stereocenters. The summed E-state index contributed by atoms with van der Waals surface area (Å²) < 4.78 is 0. The molecule has 0 aromatic heterocycles. The molecule has 5 heteroatoms. The molecule has 0 heterocycles. The van der Waals surface area contributed by atoms with Crippen molar-refractivity contribution in [2.24, 2.45) is 5.11 Å². The van der Waals surface area contributed by atoms with Gasteiger partial charge in [-0.05, 0) is 18.4 Å². The van der Waals surface area contributed by atoms with Crippen LogP contribution >= 0.6 is 11.6 Å². The zero-order valence-electron chi connectivity index (χ0n) is 6.16. The molecule has 0 aliphatic heterocycles. The number of unbranched alkanes of at least 4 members (excludes halogenated alkanes) is 1. The van der Waals surface area contributed by atoms with Gasteiger partial charge in [0.2, 0.25) is 0 Å². The van der Waals surface area contributed by atoms with Gasteiger partial charge >= 0.3 is 0 Å². The molecule has 0 unspecified atom stereocenters. The van der Waals surface area contributed by atoms with Gasteiger partial charge in [0, 0.05) is 17.2 Å². The number of alkyl halides is 1. The molecule has 0 aromatic rings. The van der Waals surface area contributed by atoms with E-state index in [4.69, 9.17) is 17.1 Å². The Bertz CT molecular complexity index is 165. The summed E-state index contributed by atoms with van der Waals surface area (Å²) >= 11 is 5.40. The van der Waals surface area contributed by atoms with Crippen molar-refractivity contribution < 1.29 is 4.79 Å². The highest BCUT2D eigenvalue weighted by Gasteiger charge is 1.98. The summed E-state index contributed by atoms with van der Waals surface area (Å²) in [6.45, 7) is -0.0290. The molecule has 0 N–H and O–H groups in total. The number of carbonyl (C=O) groups excluding carboxylic acids is 1. The van der Waals surface area contributed by atoms with Crippen LogP contribution in [0.1, 0.15) is 19.3 Å². The summed E-state index contributed by atoms with van der Waals surface area (Å²) in [5.74, 6) is 0.558. The van der Waals surface area contributed by atoms with Crippen molar-refractivity contribution in [3.05, 3.63) is 10.4 Å². The van der Waals surface area contributed by atoms with E-state index in [1.54, 1.807) is 0 Å². The van der Waals surface area contributed by atoms with Crippen LogP contribution in [0, 0.1) is 0 Å². The molecule has 4 nitrogen and oxygen atoms in total. The Balaban J connectivity index is 3.29. The zero-order chi connectivity index (χ0) is 8.53. The van der Waals surface area contributed by atoms with Crippen molar-refractivity contribution in [3.63, 3.8) is 0 Å². The number of Topliss-reactive ketones (excluding diaryl/α,β-unsaturated/α-hetero) is 1. The second kappa shape index (κ2) is 7.38. The minimum atomic E-state index is -0.0290. The molecule has 0 saturated heterocycles. The van der Waals surface area contributed by atoms with Crippen LogP contribution in [0.5, 0.6) is 0 Å². The lowest BCUT2D eigenvalue weighted by atomic mass is 10.2. The second-order valence-electron chi connectivity index (χ2n) is 2.07. The molecule has 0 aliphatic carbocycles. The maximum atomic E-state index is 10.8. The topological polar surface area (TPSA) is 65.8 Å². The lowest BCUT2D eigenvalue weighted by Crippen LogP contribution is -2.00. The van der Waals surface area contributed by atoms with E-state index in [1.165, 1.54) is 0 Å². The fourth-order valence-corrected chi connectivity index (χ4v) is 0.795. The highest BCUT2D eigenvalue weighted by molar-refractivity contribution is 6.17. The predicted octanol–water partition coefficient (Wildman–Crippen LogP) is 2.27. The van der Waals surface area contributed by atoms with E-state index >= 15 is 0 Å². The van der Waals surface area contributed by atoms with E-state index in [0.29, 0.717) is 12.3 Å². The Morgan fingerprint density at radius 3 is 2.82 bits per heavy atom. The molecule has 0 aliphatic rings. The summed E-state index contributed by atoms with van der Waals surface area (Å²) in [4.78, 5) is 13.3. The Labute approximate surface area is 70.2 Å². The fraction of sp³-hybridized carbons (Fsp3) is 0.833. The van der Waals surface area contributed by atoms with Gasteiger partial charge in [0.05, 0.1) is 6.54 Å². The van der Waals surface area contributed by atoms with Gasteiger partial charge in [0.25, 0.3) is 0 Å². The van der Waals surface area contributed by atoms with E-state index < -0.39 is 0 Å². The van der Waals surface area contributed by atoms with Crippen molar-refractivity contribution >= 4 is 17.4 Å². The van der Waals surface area contributed by atoms with Crippen LogP contribution < -0.4 is 0 Å². The second-order valence-corrected chi connectivity index (χ2v) is 2.45. The molecule has 0 aromatic carbocycles. The van der Waals surface area contributed by atoms with Gasteiger partial charge < -0.3 is 0 Å². The van der Waals surface area contributed by atoms with Crippen molar-refractivity contribution in [1.82, 2.24) is 0 Å². The first-order chi connectivity index (χ1) is 5.31. The number of nitrogens with zero attached hydrogens (tertiary/aromatic N) is 3. The molecule has 0 amide bonds. The lowest BCUT2D eigenvalue weighted by molar-refractivity contribution is -0.117. The van der Waals surface area contributed by atoms with E-state index in [1.807, 2.05) is 0 Å². The average molecular weight is 176 g/mol. The maximum Gasteiger partial charge on any atom is 0.138 e. The Kier molecular flexibility index (Phi) is 6.89. The summed E-state index contributed by atoms with van der Waals surface area (Å²) in [5.41, 5.74) is 7.87. The average Bonchev–Trinajstić information content (AvgIpc) is 2.01. The fourth-order valence-electron chi connectivity index (χ4n) is 0.606. The molecule has 0 fully saturated rings. The minimum absolute atomic E-state index is 0.0204.